The van der Waals surface area contributed by atoms with E-state index in [1.165, 1.54) is 24.2 Å². The zero-order valence-corrected chi connectivity index (χ0v) is 11.6. The Morgan fingerprint density at radius 1 is 1.21 bits per heavy atom. The number of nitrogens with zero attached hydrogens (tertiary/aromatic N) is 3. The number of hydrogen-bond acceptors (Lipinski definition) is 3. The minimum Gasteiger partial charge on any atom is -0.398 e. The number of aryl methyl sites for hydroxylation is 2. The Balaban J connectivity index is 1.94. The highest BCUT2D eigenvalue weighted by Gasteiger charge is 2.16. The van der Waals surface area contributed by atoms with Crippen molar-refractivity contribution in [3.8, 4) is 0 Å². The van der Waals surface area contributed by atoms with Crippen molar-refractivity contribution in [2.45, 2.75) is 46.1 Å². The monoisotopic (exact) mass is 256 g/mol. The van der Waals surface area contributed by atoms with Gasteiger partial charge in [-0.2, -0.15) is 0 Å². The van der Waals surface area contributed by atoms with E-state index in [0.717, 1.165) is 41.9 Å². The molecule has 0 aliphatic heterocycles. The topological polar surface area (TPSA) is 56.7 Å². The SMILES string of the molecule is Cc1cnc(Cn2cnc3c2CCCC3)c(C)c1N. The van der Waals surface area contributed by atoms with Crippen molar-refractivity contribution in [1.29, 1.82) is 0 Å². The Bertz CT molecular complexity index is 613. The van der Waals surface area contributed by atoms with Gasteiger partial charge in [0, 0.05) is 17.6 Å². The molecule has 2 N–H and O–H groups in total. The van der Waals surface area contributed by atoms with Crippen LogP contribution in [0.15, 0.2) is 12.5 Å². The van der Waals surface area contributed by atoms with Crippen molar-refractivity contribution in [1.82, 2.24) is 14.5 Å². The summed E-state index contributed by atoms with van der Waals surface area (Å²) in [6, 6.07) is 0. The van der Waals surface area contributed by atoms with Crippen LogP contribution in [0.2, 0.25) is 0 Å². The van der Waals surface area contributed by atoms with Crippen LogP contribution >= 0.6 is 0 Å². The van der Waals surface area contributed by atoms with E-state index in [9.17, 15) is 0 Å². The van der Waals surface area contributed by atoms with Crippen LogP contribution in [0.4, 0.5) is 5.69 Å². The molecule has 1 aliphatic rings. The Kier molecular flexibility index (Phi) is 3.01. The number of nitrogens with two attached hydrogens (primary N) is 1. The van der Waals surface area contributed by atoms with Gasteiger partial charge in [-0.3, -0.25) is 4.98 Å². The van der Waals surface area contributed by atoms with Crippen molar-refractivity contribution < 1.29 is 0 Å². The first-order chi connectivity index (χ1) is 9.16. The second-order valence-corrected chi connectivity index (χ2v) is 5.40. The highest BCUT2D eigenvalue weighted by Crippen LogP contribution is 2.23. The zero-order chi connectivity index (χ0) is 13.4. The van der Waals surface area contributed by atoms with Gasteiger partial charge in [0.1, 0.15) is 0 Å². The van der Waals surface area contributed by atoms with Gasteiger partial charge in [0.25, 0.3) is 0 Å². The van der Waals surface area contributed by atoms with E-state index in [2.05, 4.69) is 14.5 Å². The highest BCUT2D eigenvalue weighted by atomic mass is 15.1. The van der Waals surface area contributed by atoms with Gasteiger partial charge in [0.15, 0.2) is 0 Å². The third-order valence-electron chi connectivity index (χ3n) is 4.11. The molecule has 2 heterocycles. The molecule has 3 rings (SSSR count). The van der Waals surface area contributed by atoms with Crippen molar-refractivity contribution in [3.63, 3.8) is 0 Å². The van der Waals surface area contributed by atoms with Gasteiger partial charge in [-0.1, -0.05) is 0 Å². The van der Waals surface area contributed by atoms with E-state index in [0.29, 0.717) is 0 Å². The maximum absolute atomic E-state index is 6.08. The molecule has 0 atom stereocenters. The van der Waals surface area contributed by atoms with E-state index >= 15 is 0 Å². The van der Waals surface area contributed by atoms with Gasteiger partial charge in [-0.25, -0.2) is 4.98 Å². The fourth-order valence-electron chi connectivity index (χ4n) is 2.78. The molecular formula is C15H20N4. The highest BCUT2D eigenvalue weighted by molar-refractivity contribution is 5.53. The molecule has 0 saturated carbocycles. The summed E-state index contributed by atoms with van der Waals surface area (Å²) < 4.78 is 2.23. The van der Waals surface area contributed by atoms with E-state index < -0.39 is 0 Å². The van der Waals surface area contributed by atoms with Crippen LogP contribution in [0.25, 0.3) is 0 Å². The molecule has 0 unspecified atom stereocenters. The lowest BCUT2D eigenvalue weighted by Crippen LogP contribution is -2.11. The number of anilines is 1. The minimum absolute atomic E-state index is 0.776. The molecule has 0 saturated heterocycles. The number of imidazole rings is 1. The van der Waals surface area contributed by atoms with Crippen LogP contribution in [-0.4, -0.2) is 14.5 Å². The summed E-state index contributed by atoms with van der Waals surface area (Å²) in [6.45, 7) is 4.82. The summed E-state index contributed by atoms with van der Waals surface area (Å²) in [5, 5.41) is 0. The number of fused-ring (bicyclic) bond motifs is 1. The average molecular weight is 256 g/mol. The molecular weight excluding hydrogens is 236 g/mol. The number of hydrogen-bond donors (Lipinski definition) is 1. The summed E-state index contributed by atoms with van der Waals surface area (Å²) in [7, 11) is 0. The Morgan fingerprint density at radius 3 is 2.84 bits per heavy atom. The first-order valence-electron chi connectivity index (χ1n) is 6.90. The lowest BCUT2D eigenvalue weighted by atomic mass is 10.0. The third-order valence-corrected chi connectivity index (χ3v) is 4.11. The summed E-state index contributed by atoms with van der Waals surface area (Å²) in [4.78, 5) is 9.06. The molecule has 19 heavy (non-hydrogen) atoms. The van der Waals surface area contributed by atoms with Crippen LogP contribution in [-0.2, 0) is 19.4 Å². The summed E-state index contributed by atoms with van der Waals surface area (Å²) in [5.41, 5.74) is 12.8. The fraction of sp³-hybridized carbons (Fsp3) is 0.467. The van der Waals surface area contributed by atoms with Gasteiger partial charge < -0.3 is 10.3 Å². The van der Waals surface area contributed by atoms with Crippen LogP contribution < -0.4 is 5.73 Å². The molecule has 0 bridgehead atoms. The van der Waals surface area contributed by atoms with Crippen molar-refractivity contribution in [2.24, 2.45) is 0 Å². The Hall–Kier alpha value is -1.84. The normalized spacial score (nSPS) is 14.4. The molecule has 2 aromatic rings. The second kappa shape index (κ2) is 4.68. The van der Waals surface area contributed by atoms with Crippen molar-refractivity contribution in [2.75, 3.05) is 5.73 Å². The van der Waals surface area contributed by atoms with Crippen LogP contribution in [0.3, 0.4) is 0 Å². The van der Waals surface area contributed by atoms with Gasteiger partial charge in [-0.15, -0.1) is 0 Å². The molecule has 100 valence electrons. The second-order valence-electron chi connectivity index (χ2n) is 5.40. The maximum atomic E-state index is 6.08. The molecule has 4 heteroatoms. The number of rotatable bonds is 2. The van der Waals surface area contributed by atoms with Crippen LogP contribution in [0.5, 0.6) is 0 Å². The molecule has 0 spiro atoms. The van der Waals surface area contributed by atoms with Crippen molar-refractivity contribution >= 4 is 5.69 Å². The van der Waals surface area contributed by atoms with E-state index in [4.69, 9.17) is 5.73 Å². The lowest BCUT2D eigenvalue weighted by molar-refractivity contribution is 0.624. The molecule has 0 radical (unpaired) electrons. The number of pyridine rings is 1. The fourth-order valence-corrected chi connectivity index (χ4v) is 2.78. The average Bonchev–Trinajstić information content (AvgIpc) is 2.83. The zero-order valence-electron chi connectivity index (χ0n) is 11.6. The van der Waals surface area contributed by atoms with E-state index in [1.807, 2.05) is 26.4 Å². The molecule has 0 amide bonds. The standard InChI is InChI=1S/C15H20N4/c1-10-7-17-13(11(2)15(10)16)8-19-9-18-12-5-3-4-6-14(12)19/h7,9H,3-6,8H2,1-2H3,(H2,16,17). The van der Waals surface area contributed by atoms with Crippen molar-refractivity contribution in [3.05, 3.63) is 40.7 Å². The summed E-state index contributed by atoms with van der Waals surface area (Å²) >= 11 is 0. The van der Waals surface area contributed by atoms with E-state index in [-0.39, 0.29) is 0 Å². The molecule has 4 nitrogen and oxygen atoms in total. The largest absolute Gasteiger partial charge is 0.398 e. The summed E-state index contributed by atoms with van der Waals surface area (Å²) in [5.74, 6) is 0. The lowest BCUT2D eigenvalue weighted by Gasteiger charge is -2.15. The summed E-state index contributed by atoms with van der Waals surface area (Å²) in [6.07, 6.45) is 8.59. The maximum Gasteiger partial charge on any atom is 0.0955 e. The molecule has 2 aromatic heterocycles. The smallest absolute Gasteiger partial charge is 0.0955 e. The predicted octanol–water partition coefficient (Wildman–Crippen LogP) is 2.40. The van der Waals surface area contributed by atoms with Gasteiger partial charge >= 0.3 is 0 Å². The number of aromatic nitrogens is 3. The molecule has 0 aromatic carbocycles. The van der Waals surface area contributed by atoms with Crippen LogP contribution in [0.1, 0.15) is 41.1 Å². The Labute approximate surface area is 113 Å². The Morgan fingerprint density at radius 2 is 2.00 bits per heavy atom. The van der Waals surface area contributed by atoms with Gasteiger partial charge in [0.2, 0.25) is 0 Å². The van der Waals surface area contributed by atoms with Gasteiger partial charge in [-0.05, 0) is 50.7 Å². The minimum atomic E-state index is 0.776. The van der Waals surface area contributed by atoms with Crippen LogP contribution in [0, 0.1) is 13.8 Å². The quantitative estimate of drug-likeness (QED) is 0.897. The third kappa shape index (κ3) is 2.11. The first kappa shape index (κ1) is 12.2. The molecule has 1 aliphatic carbocycles. The number of nitrogen functional groups attached to an aromatic ring is 1. The first-order valence-corrected chi connectivity index (χ1v) is 6.90. The van der Waals surface area contributed by atoms with E-state index in [1.54, 1.807) is 0 Å². The predicted molar refractivity (Wildman–Crippen MR) is 76.1 cm³/mol. The van der Waals surface area contributed by atoms with Gasteiger partial charge in [0.05, 0.1) is 24.3 Å². The molecule has 0 fully saturated rings.